The van der Waals surface area contributed by atoms with Crippen molar-refractivity contribution in [2.45, 2.75) is 32.4 Å². The lowest BCUT2D eigenvalue weighted by molar-refractivity contribution is -0.120. The molecule has 0 spiro atoms. The Balaban J connectivity index is 2.02. The molecule has 0 radical (unpaired) electrons. The molecule has 0 bridgehead atoms. The Morgan fingerprint density at radius 1 is 1.32 bits per heavy atom. The number of alkyl halides is 1. The van der Waals surface area contributed by atoms with E-state index in [2.05, 4.69) is 0 Å². The van der Waals surface area contributed by atoms with Gasteiger partial charge in [-0.25, -0.2) is 4.79 Å². The van der Waals surface area contributed by atoms with Gasteiger partial charge in [-0.2, -0.15) is 0 Å². The molecule has 1 aliphatic heterocycles. The molecule has 1 aliphatic rings. The predicted octanol–water partition coefficient (Wildman–Crippen LogP) is 3.75. The molecule has 1 amide bonds. The zero-order chi connectivity index (χ0) is 15.9. The van der Waals surface area contributed by atoms with Gasteiger partial charge in [0.1, 0.15) is 6.61 Å². The average Bonchev–Trinajstić information content (AvgIpc) is 2.55. The van der Waals surface area contributed by atoms with Crippen molar-refractivity contribution >= 4 is 23.5 Å². The largest absolute Gasteiger partial charge is 0.444 e. The molecule has 0 aromatic heterocycles. The lowest BCUT2D eigenvalue weighted by atomic mass is 9.90. The van der Waals surface area contributed by atoms with Crippen LogP contribution in [0.3, 0.4) is 0 Å². The molecule has 1 heterocycles. The maximum absolute atomic E-state index is 12.3. The highest BCUT2D eigenvalue weighted by atomic mass is 35.5. The van der Waals surface area contributed by atoms with Crippen LogP contribution < -0.4 is 0 Å². The minimum Gasteiger partial charge on any atom is -0.444 e. The zero-order valence-electron chi connectivity index (χ0n) is 12.6. The standard InChI is InChI=1S/C17H20ClNO3/c1-13-15(8-5-10-18)19(11-9-16(13)20)17(21)22-12-14-6-3-2-4-7-14/h2-4,6-7,9,11,13,15H,5,8,10,12H2,1H3/t13-,15-/m0/s1. The molecule has 22 heavy (non-hydrogen) atoms. The number of hydrogen-bond donors (Lipinski definition) is 0. The monoisotopic (exact) mass is 321 g/mol. The second-order valence-electron chi connectivity index (χ2n) is 5.35. The topological polar surface area (TPSA) is 46.6 Å². The van der Waals surface area contributed by atoms with Crippen LogP contribution in [0, 0.1) is 5.92 Å². The van der Waals surface area contributed by atoms with E-state index in [0.29, 0.717) is 12.3 Å². The van der Waals surface area contributed by atoms with Crippen molar-refractivity contribution in [3.63, 3.8) is 0 Å². The van der Waals surface area contributed by atoms with Gasteiger partial charge in [-0.05, 0) is 24.5 Å². The molecule has 1 aromatic rings. The molecule has 2 rings (SSSR count). The first-order valence-corrected chi connectivity index (χ1v) is 7.94. The number of halogens is 1. The van der Waals surface area contributed by atoms with E-state index in [1.54, 1.807) is 0 Å². The zero-order valence-corrected chi connectivity index (χ0v) is 13.3. The van der Waals surface area contributed by atoms with Crippen LogP contribution in [0.2, 0.25) is 0 Å². The number of hydrogen-bond acceptors (Lipinski definition) is 3. The Hall–Kier alpha value is -1.81. The summed E-state index contributed by atoms with van der Waals surface area (Å²) in [5, 5.41) is 0. The first kappa shape index (κ1) is 16.6. The fourth-order valence-corrected chi connectivity index (χ4v) is 2.67. The van der Waals surface area contributed by atoms with Crippen molar-refractivity contribution in [1.29, 1.82) is 0 Å². The molecule has 0 N–H and O–H groups in total. The smallest absolute Gasteiger partial charge is 0.414 e. The van der Waals surface area contributed by atoms with E-state index in [0.717, 1.165) is 12.0 Å². The van der Waals surface area contributed by atoms with Crippen molar-refractivity contribution in [2.24, 2.45) is 5.92 Å². The molecular formula is C17H20ClNO3. The summed E-state index contributed by atoms with van der Waals surface area (Å²) in [6, 6.07) is 9.31. The third kappa shape index (κ3) is 4.10. The molecule has 118 valence electrons. The summed E-state index contributed by atoms with van der Waals surface area (Å²) < 4.78 is 5.35. The van der Waals surface area contributed by atoms with Crippen molar-refractivity contribution < 1.29 is 14.3 Å². The normalized spacial score (nSPS) is 21.0. The molecular weight excluding hydrogens is 302 g/mol. The summed E-state index contributed by atoms with van der Waals surface area (Å²) in [5.74, 6) is 0.303. The SMILES string of the molecule is C[C@@H]1C(=O)C=CN(C(=O)OCc2ccccc2)[C@H]1CCCCl. The van der Waals surface area contributed by atoms with Gasteiger partial charge in [0.2, 0.25) is 0 Å². The van der Waals surface area contributed by atoms with Crippen LogP contribution in [0.25, 0.3) is 0 Å². The van der Waals surface area contributed by atoms with Crippen molar-refractivity contribution in [3.05, 3.63) is 48.2 Å². The van der Waals surface area contributed by atoms with Crippen LogP contribution in [-0.4, -0.2) is 28.7 Å². The number of amides is 1. The number of allylic oxidation sites excluding steroid dienone is 1. The van der Waals surface area contributed by atoms with Gasteiger partial charge in [-0.3, -0.25) is 9.69 Å². The van der Waals surface area contributed by atoms with Crippen LogP contribution in [0.5, 0.6) is 0 Å². The average molecular weight is 322 g/mol. The van der Waals surface area contributed by atoms with Gasteiger partial charge in [0.15, 0.2) is 5.78 Å². The minimum atomic E-state index is -0.431. The number of benzene rings is 1. The second kappa shape index (κ2) is 7.99. The van der Waals surface area contributed by atoms with E-state index in [1.807, 2.05) is 37.3 Å². The van der Waals surface area contributed by atoms with Gasteiger partial charge in [0.25, 0.3) is 0 Å². The van der Waals surface area contributed by atoms with Gasteiger partial charge in [-0.15, -0.1) is 11.6 Å². The van der Waals surface area contributed by atoms with Gasteiger partial charge in [0, 0.05) is 24.0 Å². The van der Waals surface area contributed by atoms with Crippen LogP contribution in [0.1, 0.15) is 25.3 Å². The van der Waals surface area contributed by atoms with E-state index < -0.39 is 6.09 Å². The van der Waals surface area contributed by atoms with Crippen molar-refractivity contribution in [1.82, 2.24) is 4.90 Å². The fourth-order valence-electron chi connectivity index (χ4n) is 2.51. The molecule has 2 atom stereocenters. The number of ether oxygens (including phenoxy) is 1. The molecule has 0 aliphatic carbocycles. The number of carbonyl (C=O) groups is 2. The molecule has 4 nitrogen and oxygen atoms in total. The minimum absolute atomic E-state index is 0.0340. The highest BCUT2D eigenvalue weighted by molar-refractivity contribution is 6.17. The maximum Gasteiger partial charge on any atom is 0.414 e. The van der Waals surface area contributed by atoms with Crippen molar-refractivity contribution in [2.75, 3.05) is 5.88 Å². The number of rotatable bonds is 5. The van der Waals surface area contributed by atoms with Crippen LogP contribution in [0.4, 0.5) is 4.79 Å². The first-order chi connectivity index (χ1) is 10.6. The summed E-state index contributed by atoms with van der Waals surface area (Å²) in [7, 11) is 0. The number of ketones is 1. The predicted molar refractivity (Wildman–Crippen MR) is 85.5 cm³/mol. The molecule has 0 unspecified atom stereocenters. The fraction of sp³-hybridized carbons (Fsp3) is 0.412. The maximum atomic E-state index is 12.3. The van der Waals surface area contributed by atoms with Crippen molar-refractivity contribution in [3.8, 4) is 0 Å². The Bertz CT molecular complexity index is 544. The molecule has 0 saturated heterocycles. The summed E-state index contributed by atoms with van der Waals surface area (Å²) in [4.78, 5) is 25.6. The van der Waals surface area contributed by atoms with E-state index in [9.17, 15) is 9.59 Å². The van der Waals surface area contributed by atoms with Gasteiger partial charge < -0.3 is 4.74 Å². The summed E-state index contributed by atoms with van der Waals surface area (Å²) in [6.45, 7) is 2.05. The molecule has 0 fully saturated rings. The van der Waals surface area contributed by atoms with E-state index >= 15 is 0 Å². The van der Waals surface area contributed by atoms with Gasteiger partial charge >= 0.3 is 6.09 Å². The van der Waals surface area contributed by atoms with E-state index in [-0.39, 0.29) is 24.3 Å². The third-order valence-electron chi connectivity index (χ3n) is 3.83. The lowest BCUT2D eigenvalue weighted by Crippen LogP contribution is -2.45. The Morgan fingerprint density at radius 2 is 2.05 bits per heavy atom. The Morgan fingerprint density at radius 3 is 2.73 bits per heavy atom. The van der Waals surface area contributed by atoms with Crippen LogP contribution in [-0.2, 0) is 16.1 Å². The highest BCUT2D eigenvalue weighted by Crippen LogP contribution is 2.24. The van der Waals surface area contributed by atoms with Gasteiger partial charge in [0.05, 0.1) is 0 Å². The Labute approximate surface area is 135 Å². The second-order valence-corrected chi connectivity index (χ2v) is 5.73. The first-order valence-electron chi connectivity index (χ1n) is 7.40. The van der Waals surface area contributed by atoms with E-state index in [1.165, 1.54) is 17.2 Å². The molecule has 5 heteroatoms. The number of nitrogens with zero attached hydrogens (tertiary/aromatic N) is 1. The van der Waals surface area contributed by atoms with Crippen LogP contribution >= 0.6 is 11.6 Å². The highest BCUT2D eigenvalue weighted by Gasteiger charge is 2.34. The Kier molecular flexibility index (Phi) is 6.01. The lowest BCUT2D eigenvalue weighted by Gasteiger charge is -2.34. The third-order valence-corrected chi connectivity index (χ3v) is 4.10. The molecule has 0 saturated carbocycles. The quantitative estimate of drug-likeness (QED) is 0.776. The molecule has 1 aromatic carbocycles. The van der Waals surface area contributed by atoms with E-state index in [4.69, 9.17) is 16.3 Å². The summed E-state index contributed by atoms with van der Waals surface area (Å²) >= 11 is 5.74. The van der Waals surface area contributed by atoms with Gasteiger partial charge in [-0.1, -0.05) is 37.3 Å². The summed E-state index contributed by atoms with van der Waals surface area (Å²) in [6.07, 6.45) is 3.96. The number of carbonyl (C=O) groups excluding carboxylic acids is 2. The summed E-state index contributed by atoms with van der Waals surface area (Å²) in [5.41, 5.74) is 0.929. The van der Waals surface area contributed by atoms with Crippen LogP contribution in [0.15, 0.2) is 42.6 Å².